The number of aliphatic carboxylic acids is 2. The first kappa shape index (κ1) is 44.1. The van der Waals surface area contributed by atoms with E-state index in [0.717, 1.165) is 30.4 Å². The highest BCUT2D eigenvalue weighted by Crippen LogP contribution is 2.45. The Morgan fingerprint density at radius 1 is 0.478 bits per heavy atom. The second-order valence-corrected chi connectivity index (χ2v) is 13.3. The minimum atomic E-state index is -2.44. The van der Waals surface area contributed by atoms with E-state index in [2.05, 4.69) is 0 Å². The summed E-state index contributed by atoms with van der Waals surface area (Å²) in [5.74, 6) is -4.12. The molecule has 18 N–H and O–H groups in total. The highest BCUT2D eigenvalue weighted by molar-refractivity contribution is 5.80. The van der Waals surface area contributed by atoms with Crippen LogP contribution in [0, 0.1) is 0 Å². The van der Waals surface area contributed by atoms with E-state index in [1.165, 1.54) is 9.80 Å². The molecule has 8 aliphatic rings. The first-order valence-electron chi connectivity index (χ1n) is 13.4. The van der Waals surface area contributed by atoms with Crippen LogP contribution in [-0.2, 0) is 9.59 Å². The van der Waals surface area contributed by atoms with Crippen LogP contribution in [0.4, 0.5) is 0 Å². The van der Waals surface area contributed by atoms with E-state index in [-0.39, 0.29) is 21.9 Å². The van der Waals surface area contributed by atoms with Gasteiger partial charge in [-0.2, -0.15) is 0 Å². The lowest BCUT2D eigenvalue weighted by atomic mass is 9.85. The van der Waals surface area contributed by atoms with Crippen molar-refractivity contribution in [1.82, 2.24) is 30.4 Å². The smallest absolute Gasteiger partial charge is 0.171 e. The summed E-state index contributed by atoms with van der Waals surface area (Å²) in [4.78, 5) is 21.8. The van der Waals surface area contributed by atoms with Crippen LogP contribution in [0.15, 0.2) is 0 Å². The number of carbonyl (C=O) groups is 2. The van der Waals surface area contributed by atoms with Gasteiger partial charge in [0.15, 0.2) is 34.0 Å². The molecule has 2 atom stereocenters. The van der Waals surface area contributed by atoms with Crippen molar-refractivity contribution >= 4 is 11.9 Å². The summed E-state index contributed by atoms with van der Waals surface area (Å²) < 4.78 is 0. The van der Waals surface area contributed by atoms with Gasteiger partial charge in [0.05, 0.1) is 11.9 Å². The molecule has 8 aliphatic heterocycles. The lowest BCUT2D eigenvalue weighted by Gasteiger charge is -2.70. The molecule has 0 aromatic heterocycles. The fourth-order valence-corrected chi connectivity index (χ4v) is 8.02. The maximum atomic E-state index is 10.2. The van der Waals surface area contributed by atoms with E-state index in [4.69, 9.17) is 10.2 Å². The van der Waals surface area contributed by atoms with Gasteiger partial charge in [-0.3, -0.25) is 0 Å². The van der Waals surface area contributed by atoms with E-state index in [1.807, 2.05) is 0 Å². The fraction of sp³-hybridized carbons (Fsp3) is 0.909. The molecule has 0 saturated carbocycles. The Kier molecular flexibility index (Phi) is 12.7. The fourth-order valence-electron chi connectivity index (χ4n) is 8.02. The van der Waals surface area contributed by atoms with Crippen molar-refractivity contribution in [3.05, 3.63) is 0 Å². The number of piperazine rings is 6. The van der Waals surface area contributed by atoms with Crippen molar-refractivity contribution in [3.63, 3.8) is 0 Å². The molecule has 0 amide bonds. The van der Waals surface area contributed by atoms with Gasteiger partial charge in [0.1, 0.15) is 51.5 Å². The summed E-state index contributed by atoms with van der Waals surface area (Å²) in [5.41, 5.74) is -5.03. The summed E-state index contributed by atoms with van der Waals surface area (Å²) in [6, 6.07) is 0. The normalized spacial score (nSPS) is 44.1. The lowest BCUT2D eigenvalue weighted by Crippen LogP contribution is -3.27. The number of aliphatic hydroxyl groups is 2. The van der Waals surface area contributed by atoms with Crippen LogP contribution >= 0.6 is 0 Å². The lowest BCUT2D eigenvalue weighted by molar-refractivity contribution is -0.965. The molecule has 8 rings (SSSR count). The van der Waals surface area contributed by atoms with Gasteiger partial charge in [-0.15, -0.1) is 30.4 Å². The van der Waals surface area contributed by atoms with Crippen LogP contribution in [0.5, 0.6) is 0 Å². The minimum Gasteiger partial charge on any atom is -0.547 e. The molecule has 8 bridgehead atoms. The van der Waals surface area contributed by atoms with Gasteiger partial charge in [0.2, 0.25) is 0 Å². The average Bonchev–Trinajstić information content (AvgIpc) is 2.90. The molecule has 0 aromatic rings. The quantitative estimate of drug-likeness (QED) is 0.132. The highest BCUT2D eigenvalue weighted by atomic mass is 16.6. The molecule has 274 valence electrons. The Bertz CT molecular complexity index is 909. The third-order valence-corrected chi connectivity index (χ3v) is 9.77. The van der Waals surface area contributed by atoms with E-state index >= 15 is 0 Å². The van der Waals surface area contributed by atoms with Crippen LogP contribution < -0.4 is 20.0 Å². The Labute approximate surface area is 262 Å². The molecule has 0 spiro atoms. The first-order chi connectivity index (χ1) is 19.0. The third kappa shape index (κ3) is 5.67. The molecular weight excluding hydrogens is 632 g/mol. The number of quaternary nitrogens is 2. The SMILES string of the molecule is CC12C[NH+]3CC(C)(N1O)N(O)C(C)(C3)N2O.CC12C[NH+]3CC(C)(N1O)N(O)C(C)(C3)N2O.O.O.O.O.O=C([O-])[C@H](O)[C@@H](O)C(=O)[O-]. The van der Waals surface area contributed by atoms with Crippen LogP contribution in [-0.4, -0.2) is 191 Å². The van der Waals surface area contributed by atoms with Crippen molar-refractivity contribution in [1.29, 1.82) is 0 Å². The van der Waals surface area contributed by atoms with Crippen molar-refractivity contribution in [3.8, 4) is 0 Å². The molecule has 46 heavy (non-hydrogen) atoms. The molecule has 8 heterocycles. The van der Waals surface area contributed by atoms with Gasteiger partial charge in [-0.25, -0.2) is 0 Å². The van der Waals surface area contributed by atoms with Crippen LogP contribution in [0.25, 0.3) is 0 Å². The standard InChI is InChI=1S/2C9H18N4O3.C4H6O6.4H2O/c2*1-7-4-10-5-8(2,11(7)14)13(16)9(3,6-10)12(7)15;5-1(3(7)8)2(6)4(9)10;;;;/h2*14-16H,4-6H2,1-3H3;1-2,5-6H,(H,7,8)(H,9,10);4*1H2/t;;1-,2-;;;;/m..1..../s1. The maximum Gasteiger partial charge on any atom is 0.171 e. The highest BCUT2D eigenvalue weighted by Gasteiger charge is 2.75. The number of hydroxylamine groups is 12. The Balaban J connectivity index is 0.000000652. The number of hydrogen-bond acceptors (Lipinski definition) is 18. The number of rotatable bonds is 3. The Morgan fingerprint density at radius 2 is 0.609 bits per heavy atom. The number of carboxylic acids is 2. The van der Waals surface area contributed by atoms with E-state index in [1.54, 1.807) is 41.5 Å². The predicted molar refractivity (Wildman–Crippen MR) is 140 cm³/mol. The maximum absolute atomic E-state index is 10.2. The number of nitrogens with one attached hydrogen (secondary N) is 2. The topological polar surface area (TPSA) is 396 Å². The second kappa shape index (κ2) is 13.2. The zero-order valence-corrected chi connectivity index (χ0v) is 26.3. The second-order valence-electron chi connectivity index (χ2n) is 13.3. The van der Waals surface area contributed by atoms with Gasteiger partial charge in [-0.1, -0.05) is 0 Å². The molecular formula is C22H50N8O16. The molecule has 0 unspecified atom stereocenters. The predicted octanol–water partition coefficient (Wildman–Crippen LogP) is -11.8. The largest absolute Gasteiger partial charge is 0.547 e. The van der Waals surface area contributed by atoms with Crippen molar-refractivity contribution in [2.45, 2.75) is 87.7 Å². The monoisotopic (exact) mass is 682 g/mol. The molecule has 0 aromatic carbocycles. The first-order valence-corrected chi connectivity index (χ1v) is 13.4. The molecule has 24 heteroatoms. The van der Waals surface area contributed by atoms with E-state index in [9.17, 15) is 51.0 Å². The van der Waals surface area contributed by atoms with Gasteiger partial charge in [0, 0.05) is 0 Å². The summed E-state index contributed by atoms with van der Waals surface area (Å²) in [7, 11) is 0. The number of nitrogens with zero attached hydrogens (tertiary/aromatic N) is 6. The number of aliphatic hydroxyl groups excluding tert-OH is 2. The molecule has 0 radical (unpaired) electrons. The van der Waals surface area contributed by atoms with Crippen molar-refractivity contribution in [2.24, 2.45) is 0 Å². The summed E-state index contributed by atoms with van der Waals surface area (Å²) >= 11 is 0. The molecule has 8 saturated heterocycles. The molecule has 24 nitrogen and oxygen atoms in total. The molecule has 0 aliphatic carbocycles. The number of carboxylic acid groups (broad SMARTS) is 2. The van der Waals surface area contributed by atoms with Gasteiger partial charge >= 0.3 is 0 Å². The zero-order chi connectivity index (χ0) is 32.2. The van der Waals surface area contributed by atoms with Crippen LogP contribution in [0.3, 0.4) is 0 Å². The van der Waals surface area contributed by atoms with Crippen LogP contribution in [0.1, 0.15) is 41.5 Å². The van der Waals surface area contributed by atoms with Gasteiger partial charge < -0.3 is 93.0 Å². The average molecular weight is 683 g/mol. The van der Waals surface area contributed by atoms with Gasteiger partial charge in [-0.05, 0) is 41.5 Å². The molecule has 8 fully saturated rings. The summed E-state index contributed by atoms with van der Waals surface area (Å²) in [6.07, 6.45) is -4.88. The summed E-state index contributed by atoms with van der Waals surface area (Å²) in [5, 5.41) is 103. The van der Waals surface area contributed by atoms with E-state index < -0.39 is 58.1 Å². The van der Waals surface area contributed by atoms with E-state index in [0.29, 0.717) is 39.3 Å². The van der Waals surface area contributed by atoms with Crippen molar-refractivity contribution in [2.75, 3.05) is 39.3 Å². The number of carbonyl (C=O) groups excluding carboxylic acids is 2. The van der Waals surface area contributed by atoms with Crippen molar-refractivity contribution < 1.29 is 93.0 Å². The summed E-state index contributed by atoms with van der Waals surface area (Å²) in [6.45, 7) is 14.5. The Morgan fingerprint density at radius 3 is 0.717 bits per heavy atom. The van der Waals surface area contributed by atoms with Crippen LogP contribution in [0.2, 0.25) is 0 Å². The zero-order valence-electron chi connectivity index (χ0n) is 26.3. The van der Waals surface area contributed by atoms with Gasteiger partial charge in [0.25, 0.3) is 0 Å². The minimum absolute atomic E-state index is 0. The number of hydrogen-bond donors (Lipinski definition) is 10. The third-order valence-electron chi connectivity index (χ3n) is 9.77. The Hall–Kier alpha value is -1.86.